The number of ether oxygens (including phenoxy) is 1. The molecule has 1 unspecified atom stereocenters. The van der Waals surface area contributed by atoms with Gasteiger partial charge in [0.2, 0.25) is 15.9 Å². The molecule has 1 atom stereocenters. The summed E-state index contributed by atoms with van der Waals surface area (Å²) in [6.07, 6.45) is -0.208. The number of aliphatic carboxylic acids is 1. The summed E-state index contributed by atoms with van der Waals surface area (Å²) in [5, 5.41) is 11.7. The summed E-state index contributed by atoms with van der Waals surface area (Å²) in [6.45, 7) is 1.39. The van der Waals surface area contributed by atoms with Crippen LogP contribution in [0.4, 0.5) is 0 Å². The first-order valence-electron chi connectivity index (χ1n) is 9.39. The van der Waals surface area contributed by atoms with Crippen molar-refractivity contribution in [3.8, 4) is 5.75 Å². The summed E-state index contributed by atoms with van der Waals surface area (Å²) in [4.78, 5) is 23.5. The Kier molecular flexibility index (Phi) is 8.37. The topological polar surface area (TPSA) is 113 Å². The number of hydrogen-bond acceptors (Lipinski definition) is 5. The highest BCUT2D eigenvalue weighted by Crippen LogP contribution is 2.21. The van der Waals surface area contributed by atoms with Gasteiger partial charge in [-0.2, -0.15) is 4.31 Å². The third kappa shape index (κ3) is 6.85. The molecule has 0 saturated carbocycles. The van der Waals surface area contributed by atoms with E-state index < -0.39 is 34.4 Å². The van der Waals surface area contributed by atoms with Gasteiger partial charge in [-0.3, -0.25) is 9.59 Å². The van der Waals surface area contributed by atoms with Crippen LogP contribution in [0.1, 0.15) is 18.9 Å². The van der Waals surface area contributed by atoms with Gasteiger partial charge in [0.1, 0.15) is 5.75 Å². The van der Waals surface area contributed by atoms with E-state index in [2.05, 4.69) is 5.32 Å². The fraction of sp³-hybridized carbons (Fsp3) is 0.333. The molecule has 8 nitrogen and oxygen atoms in total. The van der Waals surface area contributed by atoms with Gasteiger partial charge in [0.15, 0.2) is 0 Å². The number of carbonyl (C=O) groups is 2. The zero-order valence-corrected chi connectivity index (χ0v) is 17.8. The maximum atomic E-state index is 13.1. The van der Waals surface area contributed by atoms with Crippen LogP contribution in [0.5, 0.6) is 5.75 Å². The molecule has 0 bridgehead atoms. The number of hydrogen-bond donors (Lipinski definition) is 2. The second-order valence-corrected chi connectivity index (χ2v) is 8.88. The first-order valence-corrected chi connectivity index (χ1v) is 10.8. The number of sulfonamides is 1. The van der Waals surface area contributed by atoms with Crippen LogP contribution in [0.15, 0.2) is 59.5 Å². The number of carboxylic acid groups (broad SMARTS) is 1. The third-order valence-corrected chi connectivity index (χ3v) is 6.21. The van der Waals surface area contributed by atoms with Crippen LogP contribution in [0, 0.1) is 5.92 Å². The third-order valence-electron chi connectivity index (χ3n) is 4.39. The minimum atomic E-state index is -4.01. The summed E-state index contributed by atoms with van der Waals surface area (Å²) in [7, 11) is -2.54. The molecule has 0 fully saturated rings. The van der Waals surface area contributed by atoms with E-state index in [1.165, 1.54) is 31.4 Å². The Morgan fingerprint density at radius 3 is 2.30 bits per heavy atom. The fourth-order valence-corrected chi connectivity index (χ4v) is 4.38. The smallest absolute Gasteiger partial charge is 0.303 e. The number of carboxylic acids is 1. The second-order valence-electron chi connectivity index (χ2n) is 6.94. The van der Waals surface area contributed by atoms with E-state index in [0.29, 0.717) is 5.75 Å². The van der Waals surface area contributed by atoms with Gasteiger partial charge in [0.05, 0.1) is 18.6 Å². The van der Waals surface area contributed by atoms with Crippen molar-refractivity contribution in [3.63, 3.8) is 0 Å². The lowest BCUT2D eigenvalue weighted by molar-refractivity contribution is -0.138. The van der Waals surface area contributed by atoms with Crippen molar-refractivity contribution in [2.45, 2.75) is 24.8 Å². The van der Waals surface area contributed by atoms with Crippen molar-refractivity contribution in [3.05, 3.63) is 60.2 Å². The molecule has 2 N–H and O–H groups in total. The van der Waals surface area contributed by atoms with Crippen molar-refractivity contribution in [2.24, 2.45) is 5.92 Å². The molecule has 0 radical (unpaired) electrons. The Bertz CT molecular complexity index is 945. The van der Waals surface area contributed by atoms with Gasteiger partial charge in [0, 0.05) is 19.5 Å². The van der Waals surface area contributed by atoms with E-state index in [0.717, 1.165) is 9.87 Å². The molecule has 162 valence electrons. The van der Waals surface area contributed by atoms with Crippen LogP contribution in [0.2, 0.25) is 0 Å². The summed E-state index contributed by atoms with van der Waals surface area (Å²) >= 11 is 0. The van der Waals surface area contributed by atoms with Crippen LogP contribution < -0.4 is 10.1 Å². The van der Waals surface area contributed by atoms with Gasteiger partial charge in [-0.25, -0.2) is 8.42 Å². The molecule has 2 aromatic rings. The van der Waals surface area contributed by atoms with E-state index in [1.807, 2.05) is 30.3 Å². The Balaban J connectivity index is 2.17. The number of nitrogens with one attached hydrogen (secondary N) is 1. The largest absolute Gasteiger partial charge is 0.497 e. The molecule has 0 spiro atoms. The Labute approximate surface area is 176 Å². The highest BCUT2D eigenvalue weighted by Gasteiger charge is 2.28. The van der Waals surface area contributed by atoms with Crippen molar-refractivity contribution in [1.29, 1.82) is 0 Å². The Hall–Kier alpha value is -2.91. The minimum Gasteiger partial charge on any atom is -0.497 e. The molecule has 30 heavy (non-hydrogen) atoms. The highest BCUT2D eigenvalue weighted by atomic mass is 32.2. The summed E-state index contributed by atoms with van der Waals surface area (Å²) in [5.41, 5.74) is 0.884. The van der Waals surface area contributed by atoms with Gasteiger partial charge in [0.25, 0.3) is 0 Å². The molecule has 0 aliphatic heterocycles. The number of nitrogens with zero attached hydrogens (tertiary/aromatic N) is 1. The van der Waals surface area contributed by atoms with E-state index >= 15 is 0 Å². The van der Waals surface area contributed by atoms with Gasteiger partial charge < -0.3 is 15.2 Å². The zero-order chi connectivity index (χ0) is 22.1. The number of methoxy groups -OCH3 is 1. The van der Waals surface area contributed by atoms with Crippen molar-refractivity contribution in [1.82, 2.24) is 9.62 Å². The van der Waals surface area contributed by atoms with Crippen molar-refractivity contribution < 1.29 is 27.9 Å². The van der Waals surface area contributed by atoms with E-state index in [-0.39, 0.29) is 24.4 Å². The van der Waals surface area contributed by atoms with E-state index in [1.54, 1.807) is 6.92 Å². The zero-order valence-electron chi connectivity index (χ0n) is 16.9. The number of benzene rings is 2. The molecule has 1 amide bonds. The summed E-state index contributed by atoms with van der Waals surface area (Å²) in [5.74, 6) is -1.48. The van der Waals surface area contributed by atoms with Gasteiger partial charge >= 0.3 is 5.97 Å². The molecular weight excluding hydrogens is 408 g/mol. The predicted octanol–water partition coefficient (Wildman–Crippen LogP) is 2.11. The van der Waals surface area contributed by atoms with Crippen LogP contribution >= 0.6 is 0 Å². The maximum Gasteiger partial charge on any atom is 0.303 e. The monoisotopic (exact) mass is 434 g/mol. The lowest BCUT2D eigenvalue weighted by Crippen LogP contribution is -2.42. The number of rotatable bonds is 11. The van der Waals surface area contributed by atoms with Crippen LogP contribution in [-0.4, -0.2) is 49.9 Å². The molecule has 0 saturated heterocycles. The number of amides is 1. The highest BCUT2D eigenvalue weighted by molar-refractivity contribution is 7.89. The standard InChI is InChI=1S/C21H26N2O6S/c1-16(12-21(25)26)14-23(15-20(24)22-13-17-6-4-3-5-7-17)30(27,28)19-10-8-18(29-2)9-11-19/h3-11,16H,12-15H2,1-2H3,(H,22,24)(H,25,26). The molecule has 2 rings (SSSR count). The van der Waals surface area contributed by atoms with Crippen molar-refractivity contribution >= 4 is 21.9 Å². The summed E-state index contributed by atoms with van der Waals surface area (Å²) < 4.78 is 32.3. The molecule has 0 aliphatic carbocycles. The molecule has 9 heteroatoms. The minimum absolute atomic E-state index is 0.00156. The van der Waals surface area contributed by atoms with Gasteiger partial charge in [-0.1, -0.05) is 37.3 Å². The predicted molar refractivity (Wildman–Crippen MR) is 111 cm³/mol. The first-order chi connectivity index (χ1) is 14.2. The average Bonchev–Trinajstić information content (AvgIpc) is 2.72. The fourth-order valence-electron chi connectivity index (χ4n) is 2.87. The molecule has 0 aromatic heterocycles. The van der Waals surface area contributed by atoms with Gasteiger partial charge in [-0.15, -0.1) is 0 Å². The Morgan fingerprint density at radius 1 is 1.10 bits per heavy atom. The Morgan fingerprint density at radius 2 is 1.73 bits per heavy atom. The second kappa shape index (κ2) is 10.7. The lowest BCUT2D eigenvalue weighted by Gasteiger charge is -2.24. The molecule has 2 aromatic carbocycles. The maximum absolute atomic E-state index is 13.1. The molecule has 0 heterocycles. The SMILES string of the molecule is COc1ccc(S(=O)(=O)N(CC(=O)NCc2ccccc2)CC(C)CC(=O)O)cc1. The summed E-state index contributed by atoms with van der Waals surface area (Å²) in [6, 6.07) is 15.1. The normalized spacial score (nSPS) is 12.4. The van der Waals surface area contributed by atoms with E-state index in [4.69, 9.17) is 9.84 Å². The quantitative estimate of drug-likeness (QED) is 0.560. The molecule has 0 aliphatic rings. The lowest BCUT2D eigenvalue weighted by atomic mass is 10.1. The molecular formula is C21H26N2O6S. The van der Waals surface area contributed by atoms with Crippen molar-refractivity contribution in [2.75, 3.05) is 20.2 Å². The van der Waals surface area contributed by atoms with Gasteiger partial charge in [-0.05, 0) is 35.7 Å². The van der Waals surface area contributed by atoms with Crippen LogP contribution in [0.3, 0.4) is 0 Å². The average molecular weight is 435 g/mol. The number of carbonyl (C=O) groups excluding carboxylic acids is 1. The van der Waals surface area contributed by atoms with Crippen LogP contribution in [0.25, 0.3) is 0 Å². The van der Waals surface area contributed by atoms with E-state index in [9.17, 15) is 18.0 Å². The first kappa shape index (κ1) is 23.4. The van der Waals surface area contributed by atoms with Crippen LogP contribution in [-0.2, 0) is 26.2 Å².